The summed E-state index contributed by atoms with van der Waals surface area (Å²) in [6.45, 7) is 1.27. The van der Waals surface area contributed by atoms with E-state index in [2.05, 4.69) is 15.9 Å². The summed E-state index contributed by atoms with van der Waals surface area (Å²) in [4.78, 5) is 21.1. The van der Waals surface area contributed by atoms with E-state index < -0.39 is 28.9 Å². The van der Waals surface area contributed by atoms with E-state index in [0.717, 1.165) is 12.1 Å². The minimum Gasteiger partial charge on any atom is -0.479 e. The highest BCUT2D eigenvalue weighted by Crippen LogP contribution is 2.31. The molecule has 104 valence electrons. The standard InChI is InChI=1S/C12H11BrF2O4/c1-5(16)9(13)6-2-7(10(17)12(18)19)4-8(3-6)11(14)15/h2-4,9-11,17H,1H3,(H,18,19). The van der Waals surface area contributed by atoms with Gasteiger partial charge in [-0.2, -0.15) is 0 Å². The molecule has 0 radical (unpaired) electrons. The second-order valence-corrected chi connectivity index (χ2v) is 4.86. The number of rotatable bonds is 5. The van der Waals surface area contributed by atoms with Crippen LogP contribution in [0.5, 0.6) is 0 Å². The Kier molecular flexibility index (Phi) is 5.13. The van der Waals surface area contributed by atoms with Gasteiger partial charge in [0.25, 0.3) is 6.43 Å². The second-order valence-electron chi connectivity index (χ2n) is 3.95. The zero-order valence-electron chi connectivity index (χ0n) is 9.81. The zero-order chi connectivity index (χ0) is 14.7. The maximum absolute atomic E-state index is 12.7. The van der Waals surface area contributed by atoms with Crippen LogP contribution in [0, 0.1) is 0 Å². The number of Topliss-reactive ketones (excluding diaryl/α,β-unsaturated/α-hetero) is 1. The van der Waals surface area contributed by atoms with Crippen LogP contribution in [0.4, 0.5) is 8.78 Å². The lowest BCUT2D eigenvalue weighted by atomic mass is 9.99. The number of alkyl halides is 3. The molecule has 0 aliphatic heterocycles. The molecule has 2 atom stereocenters. The van der Waals surface area contributed by atoms with Gasteiger partial charge in [0.2, 0.25) is 0 Å². The largest absolute Gasteiger partial charge is 0.479 e. The number of hydrogen-bond acceptors (Lipinski definition) is 3. The van der Waals surface area contributed by atoms with Gasteiger partial charge in [-0.05, 0) is 30.2 Å². The number of aliphatic hydroxyl groups is 1. The maximum Gasteiger partial charge on any atom is 0.337 e. The number of carboxylic acid groups (broad SMARTS) is 1. The topological polar surface area (TPSA) is 74.6 Å². The zero-order valence-corrected chi connectivity index (χ0v) is 11.4. The first kappa shape index (κ1) is 15.7. The highest BCUT2D eigenvalue weighted by molar-refractivity contribution is 9.09. The number of carbonyl (C=O) groups excluding carboxylic acids is 1. The summed E-state index contributed by atoms with van der Waals surface area (Å²) in [5.41, 5.74) is -0.454. The fourth-order valence-electron chi connectivity index (χ4n) is 1.51. The number of aliphatic hydroxyl groups excluding tert-OH is 1. The normalized spacial score (nSPS) is 14.2. The first-order chi connectivity index (χ1) is 8.73. The number of aliphatic carboxylic acids is 1. The third-order valence-electron chi connectivity index (χ3n) is 2.45. The van der Waals surface area contributed by atoms with Gasteiger partial charge in [0.05, 0.1) is 4.83 Å². The van der Waals surface area contributed by atoms with E-state index in [1.54, 1.807) is 0 Å². The Morgan fingerprint density at radius 2 is 1.63 bits per heavy atom. The van der Waals surface area contributed by atoms with Crippen molar-refractivity contribution in [3.8, 4) is 0 Å². The molecule has 2 unspecified atom stereocenters. The smallest absolute Gasteiger partial charge is 0.337 e. The molecule has 2 N–H and O–H groups in total. The molecule has 7 heteroatoms. The van der Waals surface area contributed by atoms with Crippen LogP contribution >= 0.6 is 15.9 Å². The molecule has 0 aliphatic rings. The average molecular weight is 337 g/mol. The van der Waals surface area contributed by atoms with Crippen molar-refractivity contribution >= 4 is 27.7 Å². The number of carboxylic acids is 1. The van der Waals surface area contributed by atoms with Crippen LogP contribution in [-0.4, -0.2) is 22.0 Å². The van der Waals surface area contributed by atoms with Gasteiger partial charge in [-0.3, -0.25) is 4.79 Å². The van der Waals surface area contributed by atoms with Gasteiger partial charge in [0.1, 0.15) is 5.78 Å². The molecule has 0 heterocycles. The fraction of sp³-hybridized carbons (Fsp3) is 0.333. The van der Waals surface area contributed by atoms with Crippen LogP contribution < -0.4 is 0 Å². The van der Waals surface area contributed by atoms with Crippen LogP contribution in [0.2, 0.25) is 0 Å². The summed E-state index contributed by atoms with van der Waals surface area (Å²) >= 11 is 3.03. The molecule has 1 aromatic carbocycles. The Morgan fingerprint density at radius 3 is 2.05 bits per heavy atom. The Hall–Kier alpha value is -1.34. The fourth-order valence-corrected chi connectivity index (χ4v) is 1.77. The number of halogens is 3. The van der Waals surface area contributed by atoms with E-state index in [-0.39, 0.29) is 16.9 Å². The summed E-state index contributed by atoms with van der Waals surface area (Å²) in [6.07, 6.45) is -4.74. The molecule has 1 rings (SSSR count). The minimum atomic E-state index is -2.83. The number of hydrogen-bond donors (Lipinski definition) is 2. The van der Waals surface area contributed by atoms with Crippen LogP contribution in [0.1, 0.15) is 41.0 Å². The predicted octanol–water partition coefficient (Wildman–Crippen LogP) is 2.77. The molecule has 4 nitrogen and oxygen atoms in total. The van der Waals surface area contributed by atoms with Crippen LogP contribution in [0.3, 0.4) is 0 Å². The van der Waals surface area contributed by atoms with E-state index in [0.29, 0.717) is 0 Å². The summed E-state index contributed by atoms with van der Waals surface area (Å²) in [5, 5.41) is 18.1. The number of benzene rings is 1. The molecule has 1 aromatic rings. The summed E-state index contributed by atoms with van der Waals surface area (Å²) < 4.78 is 25.5. The SMILES string of the molecule is CC(=O)C(Br)c1cc(C(F)F)cc(C(O)C(=O)O)c1. The molecule has 0 spiro atoms. The lowest BCUT2D eigenvalue weighted by molar-refractivity contribution is -0.147. The van der Waals surface area contributed by atoms with Gasteiger partial charge >= 0.3 is 5.97 Å². The molecule has 0 saturated heterocycles. The molecular formula is C12H11BrF2O4. The molecule has 19 heavy (non-hydrogen) atoms. The lowest BCUT2D eigenvalue weighted by Crippen LogP contribution is -2.12. The third-order valence-corrected chi connectivity index (χ3v) is 3.62. The first-order valence-electron chi connectivity index (χ1n) is 5.22. The van der Waals surface area contributed by atoms with E-state index in [4.69, 9.17) is 5.11 Å². The average Bonchev–Trinajstić information content (AvgIpc) is 2.35. The van der Waals surface area contributed by atoms with Gasteiger partial charge in [-0.15, -0.1) is 0 Å². The highest BCUT2D eigenvalue weighted by Gasteiger charge is 2.22. The Morgan fingerprint density at radius 1 is 1.16 bits per heavy atom. The Labute approximate surface area is 116 Å². The van der Waals surface area contributed by atoms with Crippen LogP contribution in [0.25, 0.3) is 0 Å². The van der Waals surface area contributed by atoms with Crippen molar-refractivity contribution in [2.24, 2.45) is 0 Å². The Bertz CT molecular complexity index is 466. The van der Waals surface area contributed by atoms with Crippen molar-refractivity contribution in [2.75, 3.05) is 0 Å². The quantitative estimate of drug-likeness (QED) is 0.811. The van der Waals surface area contributed by atoms with Gasteiger partial charge < -0.3 is 10.2 Å². The van der Waals surface area contributed by atoms with E-state index in [1.165, 1.54) is 13.0 Å². The molecule has 0 aliphatic carbocycles. The molecule has 0 saturated carbocycles. The minimum absolute atomic E-state index is 0.181. The van der Waals surface area contributed by atoms with E-state index in [1.807, 2.05) is 0 Å². The number of carbonyl (C=O) groups is 2. The van der Waals surface area contributed by atoms with Crippen LogP contribution in [0.15, 0.2) is 18.2 Å². The van der Waals surface area contributed by atoms with Gasteiger partial charge in [-0.1, -0.05) is 22.0 Å². The van der Waals surface area contributed by atoms with Crippen molar-refractivity contribution in [1.29, 1.82) is 0 Å². The summed E-state index contributed by atoms with van der Waals surface area (Å²) in [5.74, 6) is -1.87. The van der Waals surface area contributed by atoms with E-state index >= 15 is 0 Å². The predicted molar refractivity (Wildman–Crippen MR) is 66.3 cm³/mol. The van der Waals surface area contributed by atoms with Crippen molar-refractivity contribution in [1.82, 2.24) is 0 Å². The number of ketones is 1. The van der Waals surface area contributed by atoms with Gasteiger partial charge in [0, 0.05) is 5.56 Å². The van der Waals surface area contributed by atoms with Crippen LogP contribution in [-0.2, 0) is 9.59 Å². The molecule has 0 aromatic heterocycles. The van der Waals surface area contributed by atoms with Crippen molar-refractivity contribution in [2.45, 2.75) is 24.3 Å². The molecular weight excluding hydrogens is 326 g/mol. The first-order valence-corrected chi connectivity index (χ1v) is 6.14. The Balaban J connectivity index is 3.33. The maximum atomic E-state index is 12.7. The van der Waals surface area contributed by atoms with Crippen molar-refractivity contribution < 1.29 is 28.6 Å². The van der Waals surface area contributed by atoms with Gasteiger partial charge in [0.15, 0.2) is 6.10 Å². The summed E-state index contributed by atoms with van der Waals surface area (Å²) in [6, 6.07) is 3.22. The summed E-state index contributed by atoms with van der Waals surface area (Å²) in [7, 11) is 0. The lowest BCUT2D eigenvalue weighted by Gasteiger charge is -2.13. The molecule has 0 amide bonds. The molecule has 0 bridgehead atoms. The van der Waals surface area contributed by atoms with Gasteiger partial charge in [-0.25, -0.2) is 13.6 Å². The third kappa shape index (κ3) is 3.81. The molecule has 0 fully saturated rings. The van der Waals surface area contributed by atoms with Crippen molar-refractivity contribution in [3.63, 3.8) is 0 Å². The second kappa shape index (κ2) is 6.21. The monoisotopic (exact) mass is 336 g/mol. The highest BCUT2D eigenvalue weighted by atomic mass is 79.9. The van der Waals surface area contributed by atoms with Crippen molar-refractivity contribution in [3.05, 3.63) is 34.9 Å². The van der Waals surface area contributed by atoms with E-state index in [9.17, 15) is 23.5 Å².